The molecular formula is C30H29N3O3. The van der Waals surface area contributed by atoms with Gasteiger partial charge in [-0.1, -0.05) is 68.4 Å². The molecule has 0 unspecified atom stereocenters. The van der Waals surface area contributed by atoms with Crippen LogP contribution in [0, 0.1) is 0 Å². The molecule has 2 aliphatic heterocycles. The lowest BCUT2D eigenvalue weighted by atomic mass is 9.88. The van der Waals surface area contributed by atoms with Crippen molar-refractivity contribution in [3.8, 4) is 5.75 Å². The molecule has 2 aliphatic rings. The number of fused-ring (bicyclic) bond motifs is 4. The molecule has 1 aromatic heterocycles. The van der Waals surface area contributed by atoms with Gasteiger partial charge in [0, 0.05) is 23.0 Å². The van der Waals surface area contributed by atoms with Crippen LogP contribution in [0.3, 0.4) is 0 Å². The summed E-state index contributed by atoms with van der Waals surface area (Å²) in [6.07, 6.45) is 0.470. The molecule has 2 atom stereocenters. The lowest BCUT2D eigenvalue weighted by Crippen LogP contribution is -2.44. The third kappa shape index (κ3) is 3.32. The second-order valence-electron chi connectivity index (χ2n) is 9.77. The van der Waals surface area contributed by atoms with Crippen molar-refractivity contribution in [3.05, 3.63) is 95.2 Å². The summed E-state index contributed by atoms with van der Waals surface area (Å²) >= 11 is 0. The third-order valence-corrected chi connectivity index (χ3v) is 7.37. The van der Waals surface area contributed by atoms with E-state index in [0.717, 1.165) is 27.7 Å². The lowest BCUT2D eigenvalue weighted by molar-refractivity contribution is -0.120. The Kier molecular flexibility index (Phi) is 5.32. The maximum atomic E-state index is 14.1. The number of para-hydroxylation sites is 3. The van der Waals surface area contributed by atoms with E-state index in [2.05, 4.69) is 49.2 Å². The van der Waals surface area contributed by atoms with Gasteiger partial charge < -0.3 is 9.72 Å². The van der Waals surface area contributed by atoms with Crippen molar-refractivity contribution in [1.82, 2.24) is 9.88 Å². The van der Waals surface area contributed by atoms with E-state index in [1.807, 2.05) is 37.3 Å². The number of imide groups is 1. The molecule has 3 heterocycles. The standard InChI is InChI=1S/C30H29N3O3/c1-4-36-26-12-8-7-11-24(26)33-29(34)25-17-22-21-9-5-6-10-23(21)31-27(22)28(32(25)30(33)35)20-15-13-19(14-16-20)18(2)3/h5-16,18,25,28,31H,4,17H2,1-3H3/t25-,28+/m0/s1. The highest BCUT2D eigenvalue weighted by Crippen LogP contribution is 2.46. The number of nitrogens with one attached hydrogen (secondary N) is 1. The highest BCUT2D eigenvalue weighted by atomic mass is 16.5. The number of hydrogen-bond donors (Lipinski definition) is 1. The topological polar surface area (TPSA) is 65.6 Å². The number of aromatic amines is 1. The van der Waals surface area contributed by atoms with Gasteiger partial charge in [-0.2, -0.15) is 0 Å². The molecule has 4 aromatic rings. The summed E-state index contributed by atoms with van der Waals surface area (Å²) in [5.41, 5.74) is 5.81. The Bertz CT molecular complexity index is 1470. The highest BCUT2D eigenvalue weighted by Gasteiger charge is 2.53. The molecule has 0 bridgehead atoms. The second-order valence-corrected chi connectivity index (χ2v) is 9.77. The lowest BCUT2D eigenvalue weighted by Gasteiger charge is -2.36. The maximum absolute atomic E-state index is 14.1. The summed E-state index contributed by atoms with van der Waals surface area (Å²) in [5, 5.41) is 1.10. The first-order valence-corrected chi connectivity index (χ1v) is 12.6. The van der Waals surface area contributed by atoms with Crippen LogP contribution in [0.4, 0.5) is 10.5 Å². The number of rotatable bonds is 5. The minimum atomic E-state index is -0.589. The number of urea groups is 1. The van der Waals surface area contributed by atoms with Gasteiger partial charge in [-0.25, -0.2) is 9.69 Å². The first-order chi connectivity index (χ1) is 17.5. The highest BCUT2D eigenvalue weighted by molar-refractivity contribution is 6.22. The molecule has 3 aromatic carbocycles. The predicted octanol–water partition coefficient (Wildman–Crippen LogP) is 6.17. The molecule has 0 saturated carbocycles. The van der Waals surface area contributed by atoms with Crippen LogP contribution in [0.1, 0.15) is 55.1 Å². The van der Waals surface area contributed by atoms with Crippen LogP contribution in [0.15, 0.2) is 72.8 Å². The zero-order valence-corrected chi connectivity index (χ0v) is 20.7. The summed E-state index contributed by atoms with van der Waals surface area (Å²) in [6, 6.07) is 22.5. The molecule has 6 nitrogen and oxygen atoms in total. The van der Waals surface area contributed by atoms with Crippen LogP contribution in [0.5, 0.6) is 5.75 Å². The Morgan fingerprint density at radius 3 is 2.44 bits per heavy atom. The Balaban J connectivity index is 1.51. The second kappa shape index (κ2) is 8.55. The third-order valence-electron chi connectivity index (χ3n) is 7.37. The van der Waals surface area contributed by atoms with Gasteiger partial charge in [-0.15, -0.1) is 0 Å². The normalized spacial score (nSPS) is 19.2. The number of H-pyrrole nitrogens is 1. The summed E-state index contributed by atoms with van der Waals surface area (Å²) in [6.45, 7) is 6.67. The molecule has 6 heteroatoms. The fourth-order valence-electron chi connectivity index (χ4n) is 5.63. The summed E-state index contributed by atoms with van der Waals surface area (Å²) in [7, 11) is 0. The van der Waals surface area contributed by atoms with E-state index in [-0.39, 0.29) is 11.9 Å². The van der Waals surface area contributed by atoms with E-state index < -0.39 is 12.1 Å². The maximum Gasteiger partial charge on any atom is 0.333 e. The first-order valence-electron chi connectivity index (χ1n) is 12.6. The number of ether oxygens (including phenoxy) is 1. The van der Waals surface area contributed by atoms with Crippen molar-refractivity contribution in [3.63, 3.8) is 0 Å². The van der Waals surface area contributed by atoms with Crippen LogP contribution in [0.2, 0.25) is 0 Å². The molecule has 1 N–H and O–H groups in total. The van der Waals surface area contributed by atoms with Crippen LogP contribution < -0.4 is 9.64 Å². The molecular weight excluding hydrogens is 450 g/mol. The number of carbonyl (C=O) groups excluding carboxylic acids is 2. The number of nitrogens with zero attached hydrogens (tertiary/aromatic N) is 2. The summed E-state index contributed by atoms with van der Waals surface area (Å²) in [4.78, 5) is 34.6. The Hall–Kier alpha value is -4.06. The van der Waals surface area contributed by atoms with Gasteiger partial charge in [-0.05, 0) is 47.7 Å². The Morgan fingerprint density at radius 2 is 1.69 bits per heavy atom. The van der Waals surface area contributed by atoms with E-state index in [1.54, 1.807) is 17.0 Å². The molecule has 0 aliphatic carbocycles. The largest absolute Gasteiger partial charge is 0.492 e. The number of benzene rings is 3. The molecule has 182 valence electrons. The smallest absolute Gasteiger partial charge is 0.333 e. The van der Waals surface area contributed by atoms with Crippen molar-refractivity contribution in [2.45, 2.75) is 45.2 Å². The van der Waals surface area contributed by atoms with E-state index >= 15 is 0 Å². The summed E-state index contributed by atoms with van der Waals surface area (Å²) in [5.74, 6) is 0.720. The SMILES string of the molecule is CCOc1ccccc1N1C(=O)[C@@H]2Cc3c([nH]c4ccccc34)[C@@H](c3ccc(C(C)C)cc3)N2C1=O. The van der Waals surface area contributed by atoms with E-state index in [4.69, 9.17) is 4.74 Å². The number of aromatic nitrogens is 1. The first kappa shape index (κ1) is 22.4. The summed E-state index contributed by atoms with van der Waals surface area (Å²) < 4.78 is 5.78. The molecule has 0 radical (unpaired) electrons. The van der Waals surface area contributed by atoms with Gasteiger partial charge >= 0.3 is 6.03 Å². The van der Waals surface area contributed by atoms with E-state index in [0.29, 0.717) is 30.4 Å². The average Bonchev–Trinajstić information content (AvgIpc) is 3.38. The van der Waals surface area contributed by atoms with Crippen molar-refractivity contribution in [2.75, 3.05) is 11.5 Å². The average molecular weight is 480 g/mol. The number of anilines is 1. The van der Waals surface area contributed by atoms with Gasteiger partial charge in [0.25, 0.3) is 5.91 Å². The Morgan fingerprint density at radius 1 is 0.972 bits per heavy atom. The monoisotopic (exact) mass is 479 g/mol. The number of amides is 3. The van der Waals surface area contributed by atoms with Gasteiger partial charge in [0.15, 0.2) is 0 Å². The van der Waals surface area contributed by atoms with Crippen molar-refractivity contribution < 1.29 is 14.3 Å². The van der Waals surface area contributed by atoms with Crippen LogP contribution >= 0.6 is 0 Å². The number of hydrogen-bond acceptors (Lipinski definition) is 3. The molecule has 36 heavy (non-hydrogen) atoms. The van der Waals surface area contributed by atoms with Crippen molar-refractivity contribution in [1.29, 1.82) is 0 Å². The zero-order valence-electron chi connectivity index (χ0n) is 20.7. The minimum Gasteiger partial charge on any atom is -0.492 e. The van der Waals surface area contributed by atoms with Crippen LogP contribution in [-0.2, 0) is 11.2 Å². The molecule has 1 fully saturated rings. The predicted molar refractivity (Wildman–Crippen MR) is 140 cm³/mol. The molecule has 1 saturated heterocycles. The van der Waals surface area contributed by atoms with E-state index in [9.17, 15) is 9.59 Å². The van der Waals surface area contributed by atoms with Crippen molar-refractivity contribution in [2.24, 2.45) is 0 Å². The molecule has 3 amide bonds. The van der Waals surface area contributed by atoms with Gasteiger partial charge in [-0.3, -0.25) is 9.69 Å². The Labute approximate surface area is 210 Å². The van der Waals surface area contributed by atoms with Crippen molar-refractivity contribution >= 4 is 28.5 Å². The van der Waals surface area contributed by atoms with Gasteiger partial charge in [0.1, 0.15) is 17.8 Å². The quantitative estimate of drug-likeness (QED) is 0.348. The molecule has 6 rings (SSSR count). The van der Waals surface area contributed by atoms with E-state index in [1.165, 1.54) is 10.5 Å². The fourth-order valence-corrected chi connectivity index (χ4v) is 5.63. The minimum absolute atomic E-state index is 0.216. The van der Waals surface area contributed by atoms with Crippen LogP contribution in [0.25, 0.3) is 10.9 Å². The van der Waals surface area contributed by atoms with Gasteiger partial charge in [0.2, 0.25) is 0 Å². The van der Waals surface area contributed by atoms with Crippen LogP contribution in [-0.4, -0.2) is 34.5 Å². The van der Waals surface area contributed by atoms with Gasteiger partial charge in [0.05, 0.1) is 12.3 Å². The fraction of sp³-hybridized carbons (Fsp3) is 0.267. The molecule has 0 spiro atoms. The number of carbonyl (C=O) groups is 2. The zero-order chi connectivity index (χ0) is 25.0.